The molecule has 0 saturated heterocycles. The van der Waals surface area contributed by atoms with E-state index in [0.29, 0.717) is 25.7 Å². The minimum Gasteiger partial charge on any atom is -0.346 e. The van der Waals surface area contributed by atoms with Crippen LogP contribution in [0.3, 0.4) is 0 Å². The second-order valence-electron chi connectivity index (χ2n) is 6.78. The molecule has 1 aliphatic carbocycles. The van der Waals surface area contributed by atoms with E-state index in [1.165, 1.54) is 6.07 Å². The van der Waals surface area contributed by atoms with Crippen molar-refractivity contribution in [3.63, 3.8) is 0 Å². The van der Waals surface area contributed by atoms with Crippen molar-refractivity contribution in [1.82, 2.24) is 4.90 Å². The number of rotatable bonds is 6. The largest absolute Gasteiger partial charge is 0.346 e. The summed E-state index contributed by atoms with van der Waals surface area (Å²) in [6.07, 6.45) is 4.68. The van der Waals surface area contributed by atoms with E-state index < -0.39 is 11.6 Å². The van der Waals surface area contributed by atoms with E-state index in [4.69, 9.17) is 0 Å². The van der Waals surface area contributed by atoms with E-state index in [9.17, 15) is 18.4 Å². The highest BCUT2D eigenvalue weighted by atomic mass is 19.2. The fraction of sp³-hybridized carbons (Fsp3) is 0.579. The molecule has 0 bridgehead atoms. The first kappa shape index (κ1) is 19.3. The smallest absolute Gasteiger partial charge is 0.227 e. The van der Waals surface area contributed by atoms with E-state index in [1.807, 2.05) is 7.05 Å². The van der Waals surface area contributed by atoms with Gasteiger partial charge in [0.2, 0.25) is 11.8 Å². The van der Waals surface area contributed by atoms with Crippen LogP contribution in [0, 0.1) is 23.5 Å². The number of carbonyl (C=O) groups excluding carboxylic acids is 2. The zero-order valence-corrected chi connectivity index (χ0v) is 14.9. The van der Waals surface area contributed by atoms with E-state index in [0.717, 1.165) is 31.5 Å². The second-order valence-corrected chi connectivity index (χ2v) is 6.78. The lowest BCUT2D eigenvalue weighted by molar-refractivity contribution is -0.136. The van der Waals surface area contributed by atoms with Crippen LogP contribution in [0.5, 0.6) is 0 Å². The number of hydrogen-bond donors (Lipinski definition) is 1. The molecule has 1 saturated carbocycles. The molecule has 1 N–H and O–H groups in total. The number of anilines is 1. The Morgan fingerprint density at radius 3 is 2.36 bits per heavy atom. The van der Waals surface area contributed by atoms with Crippen molar-refractivity contribution in [1.29, 1.82) is 0 Å². The van der Waals surface area contributed by atoms with Crippen molar-refractivity contribution in [3.05, 3.63) is 29.8 Å². The molecule has 4 nitrogen and oxygen atoms in total. The molecule has 6 heteroatoms. The van der Waals surface area contributed by atoms with Crippen LogP contribution in [0.2, 0.25) is 0 Å². The summed E-state index contributed by atoms with van der Waals surface area (Å²) in [6.45, 7) is 2.86. The minimum absolute atomic E-state index is 0.0193. The fourth-order valence-corrected chi connectivity index (χ4v) is 3.24. The lowest BCUT2D eigenvalue weighted by atomic mass is 9.81. The molecular weight excluding hydrogens is 326 g/mol. The molecule has 2 amide bonds. The summed E-state index contributed by atoms with van der Waals surface area (Å²) in [6, 6.07) is 3.31. The molecule has 1 aliphatic rings. The van der Waals surface area contributed by atoms with E-state index in [2.05, 4.69) is 12.2 Å². The van der Waals surface area contributed by atoms with Gasteiger partial charge in [0.15, 0.2) is 11.6 Å². The number of hydrogen-bond acceptors (Lipinski definition) is 2. The number of unbranched alkanes of at least 4 members (excludes halogenated alkanes) is 1. The van der Waals surface area contributed by atoms with Crippen LogP contribution in [0.1, 0.15) is 45.4 Å². The topological polar surface area (TPSA) is 49.4 Å². The van der Waals surface area contributed by atoms with Crippen LogP contribution >= 0.6 is 0 Å². The summed E-state index contributed by atoms with van der Waals surface area (Å²) < 4.78 is 26.1. The predicted octanol–water partition coefficient (Wildman–Crippen LogP) is 3.97. The predicted molar refractivity (Wildman–Crippen MR) is 93.0 cm³/mol. The first-order valence-corrected chi connectivity index (χ1v) is 8.93. The van der Waals surface area contributed by atoms with Gasteiger partial charge in [0.1, 0.15) is 0 Å². The molecule has 0 heterocycles. The first-order valence-electron chi connectivity index (χ1n) is 8.93. The van der Waals surface area contributed by atoms with Crippen molar-refractivity contribution >= 4 is 17.5 Å². The molecule has 0 unspecified atom stereocenters. The van der Waals surface area contributed by atoms with E-state index in [1.54, 1.807) is 4.90 Å². The zero-order valence-electron chi connectivity index (χ0n) is 14.9. The van der Waals surface area contributed by atoms with Gasteiger partial charge in [-0.3, -0.25) is 9.59 Å². The van der Waals surface area contributed by atoms with Crippen LogP contribution in [0.25, 0.3) is 0 Å². The van der Waals surface area contributed by atoms with Crippen molar-refractivity contribution in [2.24, 2.45) is 11.8 Å². The molecule has 1 aromatic rings. The van der Waals surface area contributed by atoms with Crippen LogP contribution in [-0.4, -0.2) is 30.3 Å². The van der Waals surface area contributed by atoms with Gasteiger partial charge in [0.05, 0.1) is 0 Å². The molecule has 1 fully saturated rings. The Bertz CT molecular complexity index is 613. The maximum atomic E-state index is 13.2. The van der Waals surface area contributed by atoms with Crippen molar-refractivity contribution in [2.45, 2.75) is 45.4 Å². The summed E-state index contributed by atoms with van der Waals surface area (Å²) in [7, 11) is 1.83. The van der Waals surface area contributed by atoms with E-state index >= 15 is 0 Å². The van der Waals surface area contributed by atoms with Crippen LogP contribution < -0.4 is 5.32 Å². The van der Waals surface area contributed by atoms with Crippen molar-refractivity contribution in [3.8, 4) is 0 Å². The quantitative estimate of drug-likeness (QED) is 0.842. The van der Waals surface area contributed by atoms with Crippen molar-refractivity contribution < 1.29 is 18.4 Å². The summed E-state index contributed by atoms with van der Waals surface area (Å²) in [5, 5.41) is 2.63. The highest BCUT2D eigenvalue weighted by Crippen LogP contribution is 2.31. The number of amides is 2. The normalized spacial score (nSPS) is 20.2. The van der Waals surface area contributed by atoms with Gasteiger partial charge in [-0.25, -0.2) is 8.78 Å². The monoisotopic (exact) mass is 352 g/mol. The Hall–Kier alpha value is -1.98. The molecule has 0 aromatic heterocycles. The summed E-state index contributed by atoms with van der Waals surface area (Å²) in [5.74, 6) is -2.18. The number of nitrogens with one attached hydrogen (secondary N) is 1. The van der Waals surface area contributed by atoms with Crippen LogP contribution in [-0.2, 0) is 9.59 Å². The average molecular weight is 352 g/mol. The van der Waals surface area contributed by atoms with E-state index in [-0.39, 0.29) is 29.3 Å². The third-order valence-electron chi connectivity index (χ3n) is 4.86. The standard InChI is InChI=1S/C19H26F2N2O2/c1-3-4-11-23(2)19(25)14-7-5-13(6-8-14)18(24)22-15-9-10-16(20)17(21)12-15/h9-10,12-14H,3-8,11H2,1-2H3,(H,22,24). The van der Waals surface area contributed by atoms with Gasteiger partial charge in [-0.1, -0.05) is 13.3 Å². The molecule has 0 atom stereocenters. The summed E-state index contributed by atoms with van der Waals surface area (Å²) in [4.78, 5) is 26.5. The van der Waals surface area contributed by atoms with Gasteiger partial charge in [0, 0.05) is 37.2 Å². The highest BCUT2D eigenvalue weighted by Gasteiger charge is 2.31. The van der Waals surface area contributed by atoms with Crippen LogP contribution in [0.15, 0.2) is 18.2 Å². The van der Waals surface area contributed by atoms with Gasteiger partial charge in [-0.05, 0) is 44.2 Å². The molecular formula is C19H26F2N2O2. The van der Waals surface area contributed by atoms with Gasteiger partial charge < -0.3 is 10.2 Å². The molecule has 2 rings (SSSR count). The SMILES string of the molecule is CCCCN(C)C(=O)C1CCC(C(=O)Nc2ccc(F)c(F)c2)CC1. The zero-order chi connectivity index (χ0) is 18.4. The third kappa shape index (κ3) is 5.25. The maximum absolute atomic E-state index is 13.2. The minimum atomic E-state index is -0.984. The lowest BCUT2D eigenvalue weighted by Crippen LogP contribution is -2.37. The molecule has 1 aromatic carbocycles. The molecule has 0 radical (unpaired) electrons. The Kier molecular flexibility index (Phi) is 6.91. The number of halogens is 2. The Labute approximate surface area is 147 Å². The molecule has 0 aliphatic heterocycles. The second kappa shape index (κ2) is 8.92. The Balaban J connectivity index is 1.83. The average Bonchev–Trinajstić information content (AvgIpc) is 2.62. The van der Waals surface area contributed by atoms with Gasteiger partial charge in [-0.15, -0.1) is 0 Å². The lowest BCUT2D eigenvalue weighted by Gasteiger charge is -2.30. The molecule has 0 spiro atoms. The van der Waals surface area contributed by atoms with Gasteiger partial charge >= 0.3 is 0 Å². The Morgan fingerprint density at radius 1 is 1.12 bits per heavy atom. The van der Waals surface area contributed by atoms with Crippen molar-refractivity contribution in [2.75, 3.05) is 18.9 Å². The summed E-state index contributed by atoms with van der Waals surface area (Å²) >= 11 is 0. The van der Waals surface area contributed by atoms with Crippen LogP contribution in [0.4, 0.5) is 14.5 Å². The van der Waals surface area contributed by atoms with Gasteiger partial charge in [0.25, 0.3) is 0 Å². The molecule has 25 heavy (non-hydrogen) atoms. The highest BCUT2D eigenvalue weighted by molar-refractivity contribution is 5.92. The molecule has 138 valence electrons. The number of nitrogens with zero attached hydrogens (tertiary/aromatic N) is 1. The Morgan fingerprint density at radius 2 is 1.76 bits per heavy atom. The first-order chi connectivity index (χ1) is 11.9. The number of carbonyl (C=O) groups is 2. The fourth-order valence-electron chi connectivity index (χ4n) is 3.24. The third-order valence-corrected chi connectivity index (χ3v) is 4.86. The number of benzene rings is 1. The maximum Gasteiger partial charge on any atom is 0.227 e. The summed E-state index contributed by atoms with van der Waals surface area (Å²) in [5.41, 5.74) is 0.251. The van der Waals surface area contributed by atoms with Gasteiger partial charge in [-0.2, -0.15) is 0 Å².